The van der Waals surface area contributed by atoms with Crippen molar-refractivity contribution in [1.29, 1.82) is 0 Å². The van der Waals surface area contributed by atoms with Crippen molar-refractivity contribution in [3.63, 3.8) is 0 Å². The Hall–Kier alpha value is -3.46. The maximum atomic E-state index is 13.4. The van der Waals surface area contributed by atoms with Crippen molar-refractivity contribution in [3.05, 3.63) is 48.3 Å². The van der Waals surface area contributed by atoms with Crippen molar-refractivity contribution in [2.45, 2.75) is 44.3 Å². The molecule has 5 rings (SSSR count). The van der Waals surface area contributed by atoms with Crippen molar-refractivity contribution in [2.75, 3.05) is 24.1 Å². The summed E-state index contributed by atoms with van der Waals surface area (Å²) in [6.07, 6.45) is 5.30. The predicted molar refractivity (Wildman–Crippen MR) is 122 cm³/mol. The van der Waals surface area contributed by atoms with Crippen molar-refractivity contribution >= 4 is 34.2 Å². The molecule has 1 aromatic carbocycles. The molecule has 9 nitrogen and oxygen atoms in total. The molecule has 2 aliphatic rings. The molecular weight excluding hydrogens is 406 g/mol. The van der Waals surface area contributed by atoms with E-state index in [-0.39, 0.29) is 17.6 Å². The molecule has 2 aromatic heterocycles. The number of nitrogens with two attached hydrogens (primary N) is 1. The number of carbonyl (C=O) groups is 2. The molecule has 1 saturated carbocycles. The number of hydrogen-bond acceptors (Lipinski definition) is 6. The monoisotopic (exact) mass is 433 g/mol. The summed E-state index contributed by atoms with van der Waals surface area (Å²) in [4.78, 5) is 34.7. The van der Waals surface area contributed by atoms with Gasteiger partial charge in [-0.25, -0.2) is 4.98 Å². The molecule has 2 amide bonds. The summed E-state index contributed by atoms with van der Waals surface area (Å²) in [6.45, 7) is 5.59. The van der Waals surface area contributed by atoms with E-state index in [1.54, 1.807) is 11.1 Å². The number of carbonyl (C=O) groups excluding carboxylic acids is 2. The number of anilines is 2. The van der Waals surface area contributed by atoms with Gasteiger partial charge in [0.25, 0.3) is 0 Å². The van der Waals surface area contributed by atoms with Gasteiger partial charge < -0.3 is 16.0 Å². The number of rotatable bonds is 3. The van der Waals surface area contributed by atoms with Crippen molar-refractivity contribution in [2.24, 2.45) is 0 Å². The van der Waals surface area contributed by atoms with Crippen molar-refractivity contribution < 1.29 is 9.59 Å². The number of aromatic nitrogens is 3. The van der Waals surface area contributed by atoms with E-state index >= 15 is 0 Å². The summed E-state index contributed by atoms with van der Waals surface area (Å²) >= 11 is 0. The van der Waals surface area contributed by atoms with Crippen LogP contribution in [-0.2, 0) is 9.59 Å². The SMILES string of the molecule is C[C@@H]1CN(C(=O)C(=O)Nc2cnc(N)c3cn[nH]c23)[C@@H](c2ccccc2)CN1C1(C)CC1. The van der Waals surface area contributed by atoms with E-state index in [9.17, 15) is 9.59 Å². The maximum Gasteiger partial charge on any atom is 0.314 e. The summed E-state index contributed by atoms with van der Waals surface area (Å²) in [6, 6.07) is 9.89. The highest BCUT2D eigenvalue weighted by atomic mass is 16.2. The summed E-state index contributed by atoms with van der Waals surface area (Å²) in [5.41, 5.74) is 7.99. The Labute approximate surface area is 186 Å². The van der Waals surface area contributed by atoms with Crippen LogP contribution in [0.5, 0.6) is 0 Å². The number of aromatic amines is 1. The van der Waals surface area contributed by atoms with E-state index in [2.05, 4.69) is 39.2 Å². The van der Waals surface area contributed by atoms with Gasteiger partial charge in [0.15, 0.2) is 0 Å². The van der Waals surface area contributed by atoms with Crippen LogP contribution in [0.1, 0.15) is 38.3 Å². The Morgan fingerprint density at radius 1 is 1.19 bits per heavy atom. The van der Waals surface area contributed by atoms with Gasteiger partial charge in [-0.1, -0.05) is 30.3 Å². The smallest absolute Gasteiger partial charge is 0.314 e. The summed E-state index contributed by atoms with van der Waals surface area (Å²) in [7, 11) is 0. The molecular formula is C23H27N7O2. The highest BCUT2D eigenvalue weighted by molar-refractivity contribution is 6.40. The summed E-state index contributed by atoms with van der Waals surface area (Å²) in [5, 5.41) is 10.1. The molecule has 0 bridgehead atoms. The third-order valence-corrected chi connectivity index (χ3v) is 6.81. The van der Waals surface area contributed by atoms with E-state index in [1.807, 2.05) is 30.3 Å². The second kappa shape index (κ2) is 7.59. The molecule has 2 atom stereocenters. The van der Waals surface area contributed by atoms with Crippen molar-refractivity contribution in [3.8, 4) is 0 Å². The fourth-order valence-corrected chi connectivity index (χ4v) is 4.74. The molecule has 2 fully saturated rings. The molecule has 0 unspecified atom stereocenters. The zero-order chi connectivity index (χ0) is 22.5. The van der Waals surface area contributed by atoms with Gasteiger partial charge in [-0.2, -0.15) is 5.10 Å². The van der Waals surface area contributed by atoms with Crippen LogP contribution in [0.25, 0.3) is 10.9 Å². The lowest BCUT2D eigenvalue weighted by molar-refractivity contribution is -0.148. The van der Waals surface area contributed by atoms with Gasteiger partial charge in [-0.05, 0) is 32.3 Å². The molecule has 0 spiro atoms. The number of fused-ring (bicyclic) bond motifs is 1. The van der Waals surface area contributed by atoms with Crippen LogP contribution < -0.4 is 11.1 Å². The van der Waals surface area contributed by atoms with E-state index in [0.29, 0.717) is 35.5 Å². The minimum atomic E-state index is -0.702. The van der Waals surface area contributed by atoms with Crippen LogP contribution >= 0.6 is 0 Å². The van der Waals surface area contributed by atoms with Crippen LogP contribution in [0, 0.1) is 0 Å². The van der Waals surface area contributed by atoms with Gasteiger partial charge in [0.05, 0.1) is 35.0 Å². The molecule has 3 aromatic rings. The van der Waals surface area contributed by atoms with E-state index in [1.165, 1.54) is 6.20 Å². The van der Waals surface area contributed by atoms with E-state index in [4.69, 9.17) is 5.73 Å². The normalized spacial score (nSPS) is 22.6. The van der Waals surface area contributed by atoms with Crippen LogP contribution in [-0.4, -0.2) is 61.5 Å². The van der Waals surface area contributed by atoms with Gasteiger partial charge in [0.1, 0.15) is 5.82 Å². The fraction of sp³-hybridized carbons (Fsp3) is 0.391. The van der Waals surface area contributed by atoms with Gasteiger partial charge in [-0.3, -0.25) is 19.6 Å². The third kappa shape index (κ3) is 3.48. The van der Waals surface area contributed by atoms with Crippen LogP contribution in [0.4, 0.5) is 11.5 Å². The van der Waals surface area contributed by atoms with Crippen molar-refractivity contribution in [1.82, 2.24) is 25.0 Å². The van der Waals surface area contributed by atoms with Gasteiger partial charge in [-0.15, -0.1) is 0 Å². The Kier molecular flexibility index (Phi) is 4.85. The van der Waals surface area contributed by atoms with Gasteiger partial charge >= 0.3 is 11.8 Å². The number of H-pyrrole nitrogens is 1. The minimum Gasteiger partial charge on any atom is -0.383 e. The molecule has 0 radical (unpaired) electrons. The van der Waals surface area contributed by atoms with Crippen LogP contribution in [0.2, 0.25) is 0 Å². The summed E-state index contributed by atoms with van der Waals surface area (Å²) in [5.74, 6) is -0.955. The van der Waals surface area contributed by atoms with Gasteiger partial charge in [0.2, 0.25) is 0 Å². The molecule has 166 valence electrons. The lowest BCUT2D eigenvalue weighted by Crippen LogP contribution is -2.59. The lowest BCUT2D eigenvalue weighted by atomic mass is 9.97. The Morgan fingerprint density at radius 2 is 1.94 bits per heavy atom. The molecule has 1 aliphatic heterocycles. The molecule has 4 N–H and O–H groups in total. The van der Waals surface area contributed by atoms with E-state index in [0.717, 1.165) is 18.4 Å². The first-order chi connectivity index (χ1) is 15.4. The number of pyridine rings is 1. The first kappa shape index (κ1) is 20.4. The summed E-state index contributed by atoms with van der Waals surface area (Å²) < 4.78 is 0. The van der Waals surface area contributed by atoms with E-state index < -0.39 is 11.8 Å². The zero-order valence-electron chi connectivity index (χ0n) is 18.2. The minimum absolute atomic E-state index is 0.164. The second-order valence-corrected chi connectivity index (χ2v) is 9.05. The Morgan fingerprint density at radius 3 is 2.66 bits per heavy atom. The molecule has 1 aliphatic carbocycles. The number of nitrogens with zero attached hydrogens (tertiary/aromatic N) is 4. The molecule has 3 heterocycles. The third-order valence-electron chi connectivity index (χ3n) is 6.81. The number of amides is 2. The predicted octanol–water partition coefficient (Wildman–Crippen LogP) is 2.31. The number of nitrogen functional groups attached to an aromatic ring is 1. The quantitative estimate of drug-likeness (QED) is 0.545. The highest BCUT2D eigenvalue weighted by Gasteiger charge is 2.49. The van der Waals surface area contributed by atoms with Crippen LogP contribution in [0.3, 0.4) is 0 Å². The Balaban J connectivity index is 1.42. The second-order valence-electron chi connectivity index (χ2n) is 9.05. The first-order valence-electron chi connectivity index (χ1n) is 10.9. The first-order valence-corrected chi connectivity index (χ1v) is 10.9. The molecule has 9 heteroatoms. The van der Waals surface area contributed by atoms with Gasteiger partial charge in [0, 0.05) is 24.7 Å². The average Bonchev–Trinajstić information content (AvgIpc) is 3.33. The average molecular weight is 434 g/mol. The number of hydrogen-bond donors (Lipinski definition) is 3. The van der Waals surface area contributed by atoms with Crippen LogP contribution in [0.15, 0.2) is 42.7 Å². The number of benzene rings is 1. The fourth-order valence-electron chi connectivity index (χ4n) is 4.74. The standard InChI is InChI=1S/C23H27N7O2/c1-14-12-29(18(15-6-4-3-5-7-15)13-30(14)23(2)8-9-23)22(32)21(31)27-17-11-25-20(24)16-10-26-28-19(16)17/h3-7,10-11,14,18H,8-9,12-13H2,1-2H3,(H2,24,25)(H,26,28)(H,27,31)/t14-,18-/m1/s1. The highest BCUT2D eigenvalue weighted by Crippen LogP contribution is 2.45. The Bertz CT molecular complexity index is 1170. The lowest BCUT2D eigenvalue weighted by Gasteiger charge is -2.48. The molecule has 1 saturated heterocycles. The number of piperazine rings is 1. The number of nitrogens with one attached hydrogen (secondary N) is 2. The zero-order valence-corrected chi connectivity index (χ0v) is 18.2. The topological polar surface area (TPSA) is 120 Å². The maximum absolute atomic E-state index is 13.4. The largest absolute Gasteiger partial charge is 0.383 e. The molecule has 32 heavy (non-hydrogen) atoms.